The minimum absolute atomic E-state index is 0.0673. The van der Waals surface area contributed by atoms with Crippen LogP contribution in [0.1, 0.15) is 30.7 Å². The Morgan fingerprint density at radius 2 is 2.00 bits per heavy atom. The number of esters is 1. The van der Waals surface area contributed by atoms with Crippen molar-refractivity contribution in [1.82, 2.24) is 0 Å². The van der Waals surface area contributed by atoms with Gasteiger partial charge in [-0.3, -0.25) is 0 Å². The largest absolute Gasteiger partial charge is 0.496 e. The van der Waals surface area contributed by atoms with Crippen LogP contribution in [0.15, 0.2) is 20.9 Å². The van der Waals surface area contributed by atoms with Crippen molar-refractivity contribution < 1.29 is 23.8 Å². The summed E-state index contributed by atoms with van der Waals surface area (Å²) in [7, 11) is 1.37. The van der Waals surface area contributed by atoms with E-state index in [1.807, 2.05) is 0 Å². The molecule has 0 spiro atoms. The van der Waals surface area contributed by atoms with E-state index in [1.54, 1.807) is 20.8 Å². The molecule has 0 unspecified atom stereocenters. The molecule has 0 aromatic carbocycles. The van der Waals surface area contributed by atoms with E-state index in [4.69, 9.17) is 13.9 Å². The Morgan fingerprint density at radius 1 is 1.35 bits per heavy atom. The Bertz CT molecular complexity index is 578. The minimum Gasteiger partial charge on any atom is -0.496 e. The first kappa shape index (κ1) is 16.0. The molecule has 20 heavy (non-hydrogen) atoms. The molecule has 0 atom stereocenters. The molecule has 110 valence electrons. The molecule has 0 aliphatic heterocycles. The van der Waals surface area contributed by atoms with Gasteiger partial charge in [0, 0.05) is 6.08 Å². The standard InChI is InChI=1S/C14H18O6/c1-8(2)5-12(16)19-7-11-13(18-4)10(6-15)9(3)20-14(11)17/h5,15H,6-7H2,1-4H3. The average Bonchev–Trinajstić information content (AvgIpc) is 2.35. The number of methoxy groups -OCH3 is 1. The second-order valence-corrected chi connectivity index (χ2v) is 4.42. The van der Waals surface area contributed by atoms with Crippen molar-refractivity contribution in [2.45, 2.75) is 34.0 Å². The van der Waals surface area contributed by atoms with E-state index in [1.165, 1.54) is 13.2 Å². The van der Waals surface area contributed by atoms with Gasteiger partial charge in [-0.25, -0.2) is 9.59 Å². The summed E-state index contributed by atoms with van der Waals surface area (Å²) in [6.45, 7) is 4.45. The van der Waals surface area contributed by atoms with Crippen LogP contribution in [0.4, 0.5) is 0 Å². The van der Waals surface area contributed by atoms with E-state index in [0.717, 1.165) is 5.57 Å². The number of hydrogen-bond donors (Lipinski definition) is 1. The van der Waals surface area contributed by atoms with E-state index in [-0.39, 0.29) is 30.3 Å². The molecule has 6 heteroatoms. The lowest BCUT2D eigenvalue weighted by Crippen LogP contribution is -2.16. The van der Waals surface area contributed by atoms with Crippen LogP contribution in [0.25, 0.3) is 0 Å². The van der Waals surface area contributed by atoms with Crippen LogP contribution < -0.4 is 10.4 Å². The first-order valence-corrected chi connectivity index (χ1v) is 6.02. The van der Waals surface area contributed by atoms with E-state index in [2.05, 4.69) is 0 Å². The highest BCUT2D eigenvalue weighted by molar-refractivity contribution is 5.82. The van der Waals surface area contributed by atoms with Gasteiger partial charge in [0.15, 0.2) is 0 Å². The molecule has 0 amide bonds. The van der Waals surface area contributed by atoms with Gasteiger partial charge in [-0.15, -0.1) is 0 Å². The monoisotopic (exact) mass is 282 g/mol. The summed E-state index contributed by atoms with van der Waals surface area (Å²) in [4.78, 5) is 23.2. The highest BCUT2D eigenvalue weighted by Gasteiger charge is 2.19. The summed E-state index contributed by atoms with van der Waals surface area (Å²) in [5, 5.41) is 9.28. The molecular formula is C14H18O6. The highest BCUT2D eigenvalue weighted by atomic mass is 16.5. The Kier molecular flexibility index (Phi) is 5.52. The zero-order chi connectivity index (χ0) is 15.3. The lowest BCUT2D eigenvalue weighted by molar-refractivity contribution is -0.139. The Hall–Kier alpha value is -2.08. The number of carbonyl (C=O) groups excluding carboxylic acids is 1. The first-order valence-electron chi connectivity index (χ1n) is 6.02. The van der Waals surface area contributed by atoms with Crippen molar-refractivity contribution in [1.29, 1.82) is 0 Å². The second kappa shape index (κ2) is 6.91. The van der Waals surface area contributed by atoms with Crippen LogP contribution in [-0.4, -0.2) is 18.2 Å². The summed E-state index contributed by atoms with van der Waals surface area (Å²) in [6, 6.07) is 0. The molecule has 0 bridgehead atoms. The van der Waals surface area contributed by atoms with Gasteiger partial charge in [-0.2, -0.15) is 0 Å². The third kappa shape index (κ3) is 3.71. The molecule has 1 aromatic rings. The predicted molar refractivity (Wildman–Crippen MR) is 71.4 cm³/mol. The summed E-state index contributed by atoms with van der Waals surface area (Å²) in [6.07, 6.45) is 1.31. The SMILES string of the molecule is COc1c(CO)c(C)oc(=O)c1COC(=O)C=C(C)C. The molecule has 0 radical (unpaired) electrons. The van der Waals surface area contributed by atoms with Gasteiger partial charge in [-0.1, -0.05) is 5.57 Å². The Morgan fingerprint density at radius 3 is 2.50 bits per heavy atom. The maximum atomic E-state index is 11.8. The zero-order valence-corrected chi connectivity index (χ0v) is 12.0. The van der Waals surface area contributed by atoms with Gasteiger partial charge >= 0.3 is 11.6 Å². The van der Waals surface area contributed by atoms with E-state index in [9.17, 15) is 14.7 Å². The summed E-state index contributed by atoms with van der Waals surface area (Å²) >= 11 is 0. The Balaban J connectivity index is 3.09. The minimum atomic E-state index is -0.651. The second-order valence-electron chi connectivity index (χ2n) is 4.42. The van der Waals surface area contributed by atoms with Gasteiger partial charge in [0.1, 0.15) is 23.7 Å². The molecule has 6 nitrogen and oxygen atoms in total. The number of ether oxygens (including phenoxy) is 2. The van der Waals surface area contributed by atoms with Crippen LogP contribution >= 0.6 is 0 Å². The first-order chi connectivity index (χ1) is 9.40. The maximum Gasteiger partial charge on any atom is 0.346 e. The van der Waals surface area contributed by atoms with Crippen LogP contribution in [0.2, 0.25) is 0 Å². The van der Waals surface area contributed by atoms with Gasteiger partial charge < -0.3 is 19.0 Å². The number of aryl methyl sites for hydroxylation is 1. The number of hydrogen-bond acceptors (Lipinski definition) is 6. The molecule has 1 N–H and O–H groups in total. The third-order valence-electron chi connectivity index (χ3n) is 2.59. The fraction of sp³-hybridized carbons (Fsp3) is 0.429. The van der Waals surface area contributed by atoms with Crippen molar-refractivity contribution >= 4 is 5.97 Å². The summed E-state index contributed by atoms with van der Waals surface area (Å²) < 4.78 is 15.1. The summed E-state index contributed by atoms with van der Waals surface area (Å²) in [5.74, 6) is -0.0995. The molecule has 0 saturated carbocycles. The molecule has 0 saturated heterocycles. The van der Waals surface area contributed by atoms with Crippen molar-refractivity contribution in [3.05, 3.63) is 39.0 Å². The molecule has 0 fully saturated rings. The number of aliphatic hydroxyl groups is 1. The number of allylic oxidation sites excluding steroid dienone is 1. The lowest BCUT2D eigenvalue weighted by atomic mass is 10.1. The van der Waals surface area contributed by atoms with E-state index >= 15 is 0 Å². The van der Waals surface area contributed by atoms with Gasteiger partial charge in [0.2, 0.25) is 0 Å². The van der Waals surface area contributed by atoms with Crippen molar-refractivity contribution in [2.75, 3.05) is 7.11 Å². The molecule has 0 aliphatic rings. The molecule has 0 aliphatic carbocycles. The van der Waals surface area contributed by atoms with Crippen molar-refractivity contribution in [3.63, 3.8) is 0 Å². The van der Waals surface area contributed by atoms with Crippen LogP contribution in [0.5, 0.6) is 5.75 Å². The zero-order valence-electron chi connectivity index (χ0n) is 12.0. The number of aliphatic hydroxyl groups excluding tert-OH is 1. The van der Waals surface area contributed by atoms with Crippen LogP contribution in [-0.2, 0) is 22.7 Å². The van der Waals surface area contributed by atoms with Crippen LogP contribution in [0, 0.1) is 6.92 Å². The van der Waals surface area contributed by atoms with Crippen molar-refractivity contribution in [2.24, 2.45) is 0 Å². The number of rotatable bonds is 5. The maximum absolute atomic E-state index is 11.8. The number of carbonyl (C=O) groups is 1. The van der Waals surface area contributed by atoms with Gasteiger partial charge in [0.05, 0.1) is 19.3 Å². The Labute approximate surface area is 116 Å². The smallest absolute Gasteiger partial charge is 0.346 e. The predicted octanol–water partition coefficient (Wildman–Crippen LogP) is 1.46. The normalized spacial score (nSPS) is 10.1. The summed E-state index contributed by atoms with van der Waals surface area (Å²) in [5.41, 5.74) is 0.563. The van der Waals surface area contributed by atoms with Gasteiger partial charge in [0.25, 0.3) is 0 Å². The van der Waals surface area contributed by atoms with E-state index in [0.29, 0.717) is 5.56 Å². The fourth-order valence-electron chi connectivity index (χ4n) is 1.67. The van der Waals surface area contributed by atoms with Crippen LogP contribution in [0.3, 0.4) is 0 Å². The fourth-order valence-corrected chi connectivity index (χ4v) is 1.67. The molecule has 1 rings (SSSR count). The quantitative estimate of drug-likeness (QED) is 0.650. The van der Waals surface area contributed by atoms with Crippen molar-refractivity contribution in [3.8, 4) is 5.75 Å². The van der Waals surface area contributed by atoms with E-state index < -0.39 is 11.6 Å². The molecule has 1 heterocycles. The molecule has 1 aromatic heterocycles. The third-order valence-corrected chi connectivity index (χ3v) is 2.59. The molecular weight excluding hydrogens is 264 g/mol. The average molecular weight is 282 g/mol. The lowest BCUT2D eigenvalue weighted by Gasteiger charge is -2.12. The van der Waals surface area contributed by atoms with Gasteiger partial charge in [-0.05, 0) is 20.8 Å². The topological polar surface area (TPSA) is 86.0 Å². The highest BCUT2D eigenvalue weighted by Crippen LogP contribution is 2.24.